The summed E-state index contributed by atoms with van der Waals surface area (Å²) in [6.45, 7) is -1.67. The van der Waals surface area contributed by atoms with Gasteiger partial charge in [0.2, 0.25) is 0 Å². The van der Waals surface area contributed by atoms with E-state index in [1.807, 2.05) is 22.8 Å². The van der Waals surface area contributed by atoms with Gasteiger partial charge < -0.3 is 14.0 Å². The van der Waals surface area contributed by atoms with Crippen LogP contribution < -0.4 is 4.74 Å². The highest BCUT2D eigenvalue weighted by Gasteiger charge is 2.39. The summed E-state index contributed by atoms with van der Waals surface area (Å²) < 4.78 is 38.8. The normalized spacial score (nSPS) is 18.5. The van der Waals surface area contributed by atoms with Gasteiger partial charge in [-0.15, -0.1) is 0 Å². The maximum absolute atomic E-state index is 12.9. The molecule has 2 atom stereocenters. The first-order valence-corrected chi connectivity index (χ1v) is 9.60. The van der Waals surface area contributed by atoms with Crippen molar-refractivity contribution in [3.8, 4) is 5.75 Å². The van der Waals surface area contributed by atoms with Gasteiger partial charge in [0.1, 0.15) is 5.75 Å². The van der Waals surface area contributed by atoms with E-state index >= 15 is 0 Å². The van der Waals surface area contributed by atoms with Crippen LogP contribution in [0.4, 0.5) is 8.78 Å². The van der Waals surface area contributed by atoms with Gasteiger partial charge >= 0.3 is 12.6 Å². The van der Waals surface area contributed by atoms with E-state index in [9.17, 15) is 13.6 Å². The Kier molecular flexibility index (Phi) is 5.01. The van der Waals surface area contributed by atoms with Crippen molar-refractivity contribution in [2.24, 2.45) is 0 Å². The Morgan fingerprint density at radius 3 is 2.86 bits per heavy atom. The third-order valence-electron chi connectivity index (χ3n) is 4.59. The van der Waals surface area contributed by atoms with Crippen molar-refractivity contribution in [3.63, 3.8) is 0 Å². The summed E-state index contributed by atoms with van der Waals surface area (Å²) in [6, 6.07) is 9.67. The van der Waals surface area contributed by atoms with Gasteiger partial charge in [0.25, 0.3) is 0 Å². The number of carbonyl (C=O) groups is 1. The summed E-state index contributed by atoms with van der Waals surface area (Å²) in [7, 11) is 0. The van der Waals surface area contributed by atoms with Gasteiger partial charge in [0.15, 0.2) is 11.9 Å². The van der Waals surface area contributed by atoms with Crippen LogP contribution in [-0.4, -0.2) is 22.1 Å². The Bertz CT molecular complexity index is 1070. The fourth-order valence-electron chi connectivity index (χ4n) is 3.64. The first kappa shape index (κ1) is 19.1. The summed E-state index contributed by atoms with van der Waals surface area (Å²) >= 11 is 9.83. The molecule has 9 heteroatoms. The largest absolute Gasteiger partial charge is 0.454 e. The van der Waals surface area contributed by atoms with Crippen LogP contribution in [0.2, 0.25) is 5.02 Å². The number of alkyl halides is 2. The van der Waals surface area contributed by atoms with Gasteiger partial charge in [0.05, 0.1) is 17.1 Å². The van der Waals surface area contributed by atoms with Crippen LogP contribution in [0.3, 0.4) is 0 Å². The summed E-state index contributed by atoms with van der Waals surface area (Å²) in [6.07, 6.45) is -0.308. The van der Waals surface area contributed by atoms with Crippen LogP contribution in [-0.2, 0) is 9.53 Å². The molecular formula is C19H14BrClF2N2O3. The van der Waals surface area contributed by atoms with Crippen molar-refractivity contribution < 1.29 is 23.0 Å². The molecule has 0 N–H and O–H groups in total. The smallest absolute Gasteiger partial charge is 0.387 e. The topological polar surface area (TPSA) is 53.4 Å². The molecule has 2 aromatic carbocycles. The molecule has 0 saturated heterocycles. The SMILES string of the molecule is CC(=O)O[C@H]1C[C@H](c2c(Cl)cccc2OC(F)F)n2c1nc1ccc(Br)cc12. The molecule has 0 radical (unpaired) electrons. The second kappa shape index (κ2) is 7.33. The van der Waals surface area contributed by atoms with E-state index in [0.29, 0.717) is 23.3 Å². The lowest BCUT2D eigenvalue weighted by atomic mass is 10.0. The van der Waals surface area contributed by atoms with Crippen LogP contribution in [0.1, 0.15) is 36.9 Å². The summed E-state index contributed by atoms with van der Waals surface area (Å²) in [5, 5.41) is 0.287. The number of imidazole rings is 1. The number of nitrogens with zero attached hydrogens (tertiary/aromatic N) is 2. The molecule has 146 valence electrons. The third-order valence-corrected chi connectivity index (χ3v) is 5.41. The van der Waals surface area contributed by atoms with Gasteiger partial charge in [-0.05, 0) is 30.3 Å². The third kappa shape index (κ3) is 3.35. The molecule has 3 aromatic rings. The van der Waals surface area contributed by atoms with Gasteiger partial charge in [-0.3, -0.25) is 4.79 Å². The number of halogens is 4. The zero-order valence-corrected chi connectivity index (χ0v) is 16.9. The number of aromatic nitrogens is 2. The highest BCUT2D eigenvalue weighted by Crippen LogP contribution is 2.47. The predicted octanol–water partition coefficient (Wildman–Crippen LogP) is 5.65. The fraction of sp³-hybridized carbons (Fsp3) is 0.263. The average molecular weight is 472 g/mol. The van der Waals surface area contributed by atoms with Crippen LogP contribution in [0.5, 0.6) is 5.75 Å². The monoisotopic (exact) mass is 470 g/mol. The quantitative estimate of drug-likeness (QED) is 0.461. The number of hydrogen-bond acceptors (Lipinski definition) is 4. The fourth-order valence-corrected chi connectivity index (χ4v) is 4.28. The number of rotatable bonds is 4. The van der Waals surface area contributed by atoms with Crippen LogP contribution in [0.15, 0.2) is 40.9 Å². The number of fused-ring (bicyclic) bond motifs is 3. The van der Waals surface area contributed by atoms with E-state index < -0.39 is 24.7 Å². The van der Waals surface area contributed by atoms with Crippen LogP contribution >= 0.6 is 27.5 Å². The molecular weight excluding hydrogens is 458 g/mol. The molecule has 0 unspecified atom stereocenters. The Morgan fingerprint density at radius 1 is 1.36 bits per heavy atom. The molecule has 0 spiro atoms. The van der Waals surface area contributed by atoms with E-state index in [4.69, 9.17) is 21.1 Å². The van der Waals surface area contributed by atoms with E-state index in [2.05, 4.69) is 20.9 Å². The van der Waals surface area contributed by atoms with E-state index in [0.717, 1.165) is 9.99 Å². The molecule has 0 bridgehead atoms. The maximum atomic E-state index is 12.9. The van der Waals surface area contributed by atoms with E-state index in [1.165, 1.54) is 13.0 Å². The average Bonchev–Trinajstić information content (AvgIpc) is 3.12. The minimum Gasteiger partial charge on any atom is -0.454 e. The Morgan fingerprint density at radius 2 is 2.14 bits per heavy atom. The molecule has 1 aliphatic heterocycles. The van der Waals surface area contributed by atoms with Crippen molar-refractivity contribution in [1.82, 2.24) is 9.55 Å². The molecule has 5 nitrogen and oxygen atoms in total. The van der Waals surface area contributed by atoms with Gasteiger partial charge in [0, 0.05) is 28.4 Å². The summed E-state index contributed by atoms with van der Waals surface area (Å²) in [5.41, 5.74) is 1.87. The van der Waals surface area contributed by atoms with Crippen molar-refractivity contribution in [1.29, 1.82) is 0 Å². The predicted molar refractivity (Wildman–Crippen MR) is 103 cm³/mol. The lowest BCUT2D eigenvalue weighted by Gasteiger charge is -2.20. The number of hydrogen-bond donors (Lipinski definition) is 0. The molecule has 4 rings (SSSR count). The van der Waals surface area contributed by atoms with Crippen molar-refractivity contribution >= 4 is 44.5 Å². The molecule has 28 heavy (non-hydrogen) atoms. The highest BCUT2D eigenvalue weighted by atomic mass is 79.9. The molecule has 1 aromatic heterocycles. The Labute approximate surface area is 172 Å². The molecule has 0 amide bonds. The van der Waals surface area contributed by atoms with Crippen LogP contribution in [0, 0.1) is 0 Å². The summed E-state index contributed by atoms with van der Waals surface area (Å²) in [4.78, 5) is 16.2. The van der Waals surface area contributed by atoms with Crippen molar-refractivity contribution in [2.75, 3.05) is 0 Å². The van der Waals surface area contributed by atoms with Crippen LogP contribution in [0.25, 0.3) is 11.0 Å². The minimum absolute atomic E-state index is 0.0150. The van der Waals surface area contributed by atoms with Crippen molar-refractivity contribution in [3.05, 3.63) is 57.3 Å². The zero-order chi connectivity index (χ0) is 20.0. The second-order valence-corrected chi connectivity index (χ2v) is 7.68. The minimum atomic E-state index is -2.99. The molecule has 0 aliphatic carbocycles. The molecule has 0 fully saturated rings. The van der Waals surface area contributed by atoms with E-state index in [1.54, 1.807) is 12.1 Å². The maximum Gasteiger partial charge on any atom is 0.387 e. The Hall–Kier alpha value is -2.19. The molecule has 0 saturated carbocycles. The number of carbonyl (C=O) groups excluding carboxylic acids is 1. The van der Waals surface area contributed by atoms with Gasteiger partial charge in [-0.2, -0.15) is 8.78 Å². The van der Waals surface area contributed by atoms with Gasteiger partial charge in [-0.25, -0.2) is 4.98 Å². The molecule has 1 aliphatic rings. The lowest BCUT2D eigenvalue weighted by molar-refractivity contribution is -0.146. The first-order valence-electron chi connectivity index (χ1n) is 8.43. The van der Waals surface area contributed by atoms with Crippen molar-refractivity contribution in [2.45, 2.75) is 32.1 Å². The second-order valence-electron chi connectivity index (χ2n) is 6.35. The Balaban J connectivity index is 1.92. The zero-order valence-electron chi connectivity index (χ0n) is 14.5. The lowest BCUT2D eigenvalue weighted by Crippen LogP contribution is -2.11. The number of benzene rings is 2. The number of ether oxygens (including phenoxy) is 2. The summed E-state index contributed by atoms with van der Waals surface area (Å²) in [5.74, 6) is 0.0728. The standard InChI is InChI=1S/C19H14BrClF2N2O3/c1-9(26)27-16-8-14(17-11(21)3-2-4-15(17)28-19(22)23)25-13-7-10(20)5-6-12(13)24-18(16)25/h2-7,14,16,19H,8H2,1H3/t14-,16+/m1/s1. The number of esters is 1. The highest BCUT2D eigenvalue weighted by molar-refractivity contribution is 9.10. The first-order chi connectivity index (χ1) is 13.3. The van der Waals surface area contributed by atoms with E-state index in [-0.39, 0.29) is 10.8 Å². The molecule has 2 heterocycles. The van der Waals surface area contributed by atoms with Gasteiger partial charge in [-0.1, -0.05) is 33.6 Å².